The zero-order valence-corrected chi connectivity index (χ0v) is 16.9. The SMILES string of the molecule is CS(=O)(=O)N1N=C(c2ccccc2)CC1c1cc2cc3c(cc2nc1Cl)OCO3. The highest BCUT2D eigenvalue weighted by Crippen LogP contribution is 2.41. The van der Waals surface area contributed by atoms with Crippen LogP contribution < -0.4 is 9.47 Å². The summed E-state index contributed by atoms with van der Waals surface area (Å²) in [6.45, 7) is 0.158. The summed E-state index contributed by atoms with van der Waals surface area (Å²) in [5, 5.41) is 5.42. The standard InChI is InChI=1S/C20H16ClN3O4S/c1-29(25,26)24-17(9-16(23-24)12-5-3-2-4-6-12)14-7-13-8-18-19(28-11-27-18)10-15(13)22-20(14)21/h2-8,10,17H,9,11H2,1H3. The van der Waals surface area contributed by atoms with Crippen molar-refractivity contribution in [3.63, 3.8) is 0 Å². The van der Waals surface area contributed by atoms with Gasteiger partial charge < -0.3 is 9.47 Å². The molecule has 0 saturated carbocycles. The fourth-order valence-electron chi connectivity index (χ4n) is 3.62. The first kappa shape index (κ1) is 18.2. The van der Waals surface area contributed by atoms with Crippen LogP contribution in [0.1, 0.15) is 23.6 Å². The Morgan fingerprint density at radius 3 is 2.55 bits per heavy atom. The predicted molar refractivity (Wildman–Crippen MR) is 110 cm³/mol. The zero-order valence-electron chi connectivity index (χ0n) is 15.4. The van der Waals surface area contributed by atoms with Crippen molar-refractivity contribution in [2.75, 3.05) is 13.0 Å². The van der Waals surface area contributed by atoms with Crippen LogP contribution in [0, 0.1) is 0 Å². The average Bonchev–Trinajstić information content (AvgIpc) is 3.33. The van der Waals surface area contributed by atoms with Gasteiger partial charge in [0, 0.05) is 23.4 Å². The third kappa shape index (κ3) is 3.18. The summed E-state index contributed by atoms with van der Waals surface area (Å²) in [4.78, 5) is 4.47. The van der Waals surface area contributed by atoms with E-state index in [9.17, 15) is 8.42 Å². The number of fused-ring (bicyclic) bond motifs is 2. The van der Waals surface area contributed by atoms with E-state index < -0.39 is 16.1 Å². The van der Waals surface area contributed by atoms with E-state index >= 15 is 0 Å². The summed E-state index contributed by atoms with van der Waals surface area (Å²) in [6.07, 6.45) is 1.53. The lowest BCUT2D eigenvalue weighted by atomic mass is 9.99. The first-order valence-electron chi connectivity index (χ1n) is 8.92. The normalized spacial score (nSPS) is 18.3. The fraction of sp³-hybridized carbons (Fsp3) is 0.200. The number of rotatable bonds is 3. The first-order valence-corrected chi connectivity index (χ1v) is 11.1. The highest BCUT2D eigenvalue weighted by Gasteiger charge is 2.36. The van der Waals surface area contributed by atoms with Gasteiger partial charge in [0.2, 0.25) is 16.8 Å². The molecule has 148 valence electrons. The first-order chi connectivity index (χ1) is 13.9. The van der Waals surface area contributed by atoms with Crippen LogP contribution in [0.4, 0.5) is 0 Å². The number of ether oxygens (including phenoxy) is 2. The largest absolute Gasteiger partial charge is 0.454 e. The highest BCUT2D eigenvalue weighted by molar-refractivity contribution is 7.88. The molecule has 29 heavy (non-hydrogen) atoms. The van der Waals surface area contributed by atoms with Crippen molar-refractivity contribution in [1.29, 1.82) is 0 Å². The Hall–Kier alpha value is -2.84. The Balaban J connectivity index is 1.61. The monoisotopic (exact) mass is 429 g/mol. The van der Waals surface area contributed by atoms with E-state index in [2.05, 4.69) is 10.1 Å². The number of hydrazone groups is 1. The minimum Gasteiger partial charge on any atom is -0.454 e. The Bertz CT molecular complexity index is 1260. The summed E-state index contributed by atoms with van der Waals surface area (Å²) in [7, 11) is -3.61. The molecule has 3 aromatic rings. The maximum absolute atomic E-state index is 12.4. The van der Waals surface area contributed by atoms with E-state index in [-0.39, 0.29) is 11.9 Å². The lowest BCUT2D eigenvalue weighted by Gasteiger charge is -2.22. The molecule has 9 heteroatoms. The number of hydrogen-bond acceptors (Lipinski definition) is 6. The number of aromatic nitrogens is 1. The Morgan fingerprint density at radius 1 is 1.10 bits per heavy atom. The number of benzene rings is 2. The molecule has 0 spiro atoms. The zero-order chi connectivity index (χ0) is 20.2. The summed E-state index contributed by atoms with van der Waals surface area (Å²) in [5.41, 5.74) is 2.80. The maximum atomic E-state index is 12.4. The topological polar surface area (TPSA) is 81.1 Å². The summed E-state index contributed by atoms with van der Waals surface area (Å²) >= 11 is 6.49. The van der Waals surface area contributed by atoms with Crippen LogP contribution in [0.2, 0.25) is 5.15 Å². The van der Waals surface area contributed by atoms with Gasteiger partial charge in [0.25, 0.3) is 0 Å². The van der Waals surface area contributed by atoms with Gasteiger partial charge in [0.1, 0.15) is 5.15 Å². The molecule has 3 heterocycles. The molecule has 5 rings (SSSR count). The van der Waals surface area contributed by atoms with Crippen LogP contribution in [0.25, 0.3) is 10.9 Å². The number of hydrogen-bond donors (Lipinski definition) is 0. The molecule has 0 bridgehead atoms. The van der Waals surface area contributed by atoms with E-state index in [0.717, 1.165) is 21.6 Å². The quantitative estimate of drug-likeness (QED) is 0.592. The van der Waals surface area contributed by atoms with Gasteiger partial charge in [0.05, 0.1) is 23.5 Å². The molecule has 1 atom stereocenters. The molecule has 2 aliphatic heterocycles. The fourth-order valence-corrected chi connectivity index (χ4v) is 4.79. The van der Waals surface area contributed by atoms with Crippen LogP contribution >= 0.6 is 11.6 Å². The second-order valence-electron chi connectivity index (χ2n) is 6.93. The molecule has 2 aromatic carbocycles. The molecule has 0 N–H and O–H groups in total. The van der Waals surface area contributed by atoms with E-state index in [1.165, 1.54) is 0 Å². The van der Waals surface area contributed by atoms with Gasteiger partial charge in [-0.2, -0.15) is 9.52 Å². The van der Waals surface area contributed by atoms with Crippen LogP contribution in [0.15, 0.2) is 53.6 Å². The Morgan fingerprint density at radius 2 is 1.83 bits per heavy atom. The van der Waals surface area contributed by atoms with Crippen molar-refractivity contribution >= 4 is 38.2 Å². The smallest absolute Gasteiger partial charge is 0.247 e. The van der Waals surface area contributed by atoms with Gasteiger partial charge in [-0.15, -0.1) is 0 Å². The van der Waals surface area contributed by atoms with Crippen molar-refractivity contribution in [1.82, 2.24) is 9.40 Å². The molecule has 2 aliphatic rings. The van der Waals surface area contributed by atoms with Crippen LogP contribution in [0.5, 0.6) is 11.5 Å². The van der Waals surface area contributed by atoms with Crippen LogP contribution in [-0.4, -0.2) is 36.6 Å². The summed E-state index contributed by atoms with van der Waals surface area (Å²) < 4.78 is 36.8. The highest BCUT2D eigenvalue weighted by atomic mass is 35.5. The van der Waals surface area contributed by atoms with Crippen LogP contribution in [0.3, 0.4) is 0 Å². The van der Waals surface area contributed by atoms with Crippen molar-refractivity contribution in [3.05, 3.63) is 64.8 Å². The summed E-state index contributed by atoms with van der Waals surface area (Å²) in [6, 6.07) is 14.4. The van der Waals surface area contributed by atoms with Crippen molar-refractivity contribution in [2.24, 2.45) is 5.10 Å². The number of sulfonamides is 1. The molecular weight excluding hydrogens is 414 g/mol. The van der Waals surface area contributed by atoms with Crippen molar-refractivity contribution in [3.8, 4) is 11.5 Å². The molecule has 0 aliphatic carbocycles. The third-order valence-corrected chi connectivity index (χ3v) is 6.29. The van der Waals surface area contributed by atoms with E-state index in [0.29, 0.717) is 34.7 Å². The van der Waals surface area contributed by atoms with Gasteiger partial charge in [-0.3, -0.25) is 0 Å². The molecule has 1 aromatic heterocycles. The number of pyridine rings is 1. The lowest BCUT2D eigenvalue weighted by molar-refractivity contribution is 0.174. The second-order valence-corrected chi connectivity index (χ2v) is 9.13. The minimum atomic E-state index is -3.61. The van der Waals surface area contributed by atoms with Gasteiger partial charge in [-0.05, 0) is 17.7 Å². The predicted octanol–water partition coefficient (Wildman–Crippen LogP) is 3.73. The molecular formula is C20H16ClN3O4S. The molecule has 0 saturated heterocycles. The molecule has 7 nitrogen and oxygen atoms in total. The van der Waals surface area contributed by atoms with Gasteiger partial charge in [0.15, 0.2) is 11.5 Å². The molecule has 0 amide bonds. The second kappa shape index (κ2) is 6.60. The molecule has 1 unspecified atom stereocenters. The Kier molecular flexibility index (Phi) is 4.15. The molecule has 0 radical (unpaired) electrons. The number of halogens is 1. The third-order valence-electron chi connectivity index (χ3n) is 4.97. The van der Waals surface area contributed by atoms with Gasteiger partial charge in [-0.25, -0.2) is 13.4 Å². The van der Waals surface area contributed by atoms with Crippen molar-refractivity contribution in [2.45, 2.75) is 12.5 Å². The molecule has 0 fully saturated rings. The average molecular weight is 430 g/mol. The van der Waals surface area contributed by atoms with E-state index in [1.807, 2.05) is 42.5 Å². The Labute approximate surface area is 172 Å². The van der Waals surface area contributed by atoms with E-state index in [4.69, 9.17) is 21.1 Å². The van der Waals surface area contributed by atoms with Gasteiger partial charge in [-0.1, -0.05) is 41.9 Å². The van der Waals surface area contributed by atoms with Crippen molar-refractivity contribution < 1.29 is 17.9 Å². The van der Waals surface area contributed by atoms with Gasteiger partial charge >= 0.3 is 0 Å². The lowest BCUT2D eigenvalue weighted by Crippen LogP contribution is -2.26. The number of nitrogens with zero attached hydrogens (tertiary/aromatic N) is 3. The van der Waals surface area contributed by atoms with Crippen LogP contribution in [-0.2, 0) is 10.0 Å². The summed E-state index contributed by atoms with van der Waals surface area (Å²) in [5.74, 6) is 1.24. The van der Waals surface area contributed by atoms with E-state index in [1.54, 1.807) is 6.07 Å². The minimum absolute atomic E-state index is 0.158. The maximum Gasteiger partial charge on any atom is 0.247 e.